The van der Waals surface area contributed by atoms with E-state index in [9.17, 15) is 8.42 Å². The van der Waals surface area contributed by atoms with Gasteiger partial charge in [-0.05, 0) is 23.6 Å². The van der Waals surface area contributed by atoms with Crippen LogP contribution in [0.5, 0.6) is 0 Å². The summed E-state index contributed by atoms with van der Waals surface area (Å²) in [5, 5.41) is 4.44. The fourth-order valence-corrected chi connectivity index (χ4v) is 4.53. The van der Waals surface area contributed by atoms with Gasteiger partial charge >= 0.3 is 0 Å². The van der Waals surface area contributed by atoms with Crippen molar-refractivity contribution in [3.63, 3.8) is 0 Å². The molecule has 8 heteroatoms. The molecule has 0 unspecified atom stereocenters. The molecule has 3 aromatic heterocycles. The summed E-state index contributed by atoms with van der Waals surface area (Å²) in [5.41, 5.74) is 1.68. The first-order chi connectivity index (χ1) is 10.1. The highest BCUT2D eigenvalue weighted by atomic mass is 32.2. The minimum atomic E-state index is -3.45. The molecule has 0 fully saturated rings. The van der Waals surface area contributed by atoms with Crippen molar-refractivity contribution < 1.29 is 8.42 Å². The zero-order valence-corrected chi connectivity index (χ0v) is 13.2. The summed E-state index contributed by atoms with van der Waals surface area (Å²) in [5.74, 6) is 0. The summed E-state index contributed by atoms with van der Waals surface area (Å²) in [7, 11) is -3.45. The van der Waals surface area contributed by atoms with Crippen LogP contribution in [-0.4, -0.2) is 18.4 Å². The number of hydrogen-bond acceptors (Lipinski definition) is 6. The Morgan fingerprint density at radius 1 is 1.14 bits per heavy atom. The van der Waals surface area contributed by atoms with E-state index in [4.69, 9.17) is 0 Å². The molecule has 0 spiro atoms. The first kappa shape index (κ1) is 14.3. The van der Waals surface area contributed by atoms with Crippen LogP contribution in [0, 0.1) is 0 Å². The Balaban J connectivity index is 1.71. The van der Waals surface area contributed by atoms with Gasteiger partial charge in [-0.2, -0.15) is 0 Å². The van der Waals surface area contributed by atoms with Gasteiger partial charge in [0, 0.05) is 23.3 Å². The van der Waals surface area contributed by atoms with E-state index in [0.717, 1.165) is 10.6 Å². The third kappa shape index (κ3) is 3.35. The second-order valence-electron chi connectivity index (χ2n) is 4.14. The van der Waals surface area contributed by atoms with Crippen molar-refractivity contribution in [2.75, 3.05) is 0 Å². The molecule has 0 atom stereocenters. The molecule has 0 bridgehead atoms. The molecule has 0 radical (unpaired) electrons. The number of rotatable bonds is 5. The van der Waals surface area contributed by atoms with Gasteiger partial charge in [0.2, 0.25) is 10.0 Å². The minimum Gasteiger partial charge on any atom is -0.265 e. The van der Waals surface area contributed by atoms with E-state index < -0.39 is 10.0 Å². The van der Waals surface area contributed by atoms with Gasteiger partial charge in [-0.1, -0.05) is 6.07 Å². The Morgan fingerprint density at radius 2 is 1.95 bits per heavy atom. The monoisotopic (exact) mass is 337 g/mol. The van der Waals surface area contributed by atoms with E-state index in [0.29, 0.717) is 9.90 Å². The Bertz CT molecular complexity index is 811. The van der Waals surface area contributed by atoms with E-state index in [2.05, 4.69) is 14.7 Å². The van der Waals surface area contributed by atoms with Gasteiger partial charge < -0.3 is 0 Å². The number of thiophene rings is 1. The van der Waals surface area contributed by atoms with E-state index in [1.54, 1.807) is 29.9 Å². The maximum atomic E-state index is 12.0. The number of sulfonamides is 1. The summed E-state index contributed by atoms with van der Waals surface area (Å²) in [6.45, 7) is 0.182. The molecule has 0 amide bonds. The third-order valence-electron chi connectivity index (χ3n) is 2.68. The zero-order chi connectivity index (χ0) is 14.7. The van der Waals surface area contributed by atoms with Crippen molar-refractivity contribution in [1.82, 2.24) is 14.7 Å². The molecule has 3 heterocycles. The van der Waals surface area contributed by atoms with Gasteiger partial charge in [-0.25, -0.2) is 18.1 Å². The van der Waals surface area contributed by atoms with Crippen LogP contribution >= 0.6 is 22.7 Å². The van der Waals surface area contributed by atoms with Crippen LogP contribution in [0.25, 0.3) is 10.6 Å². The van der Waals surface area contributed by atoms with E-state index in [-0.39, 0.29) is 6.54 Å². The fourth-order valence-electron chi connectivity index (χ4n) is 1.67. The quantitative estimate of drug-likeness (QED) is 0.777. The predicted octanol–water partition coefficient (Wildman–Crippen LogP) is 2.75. The van der Waals surface area contributed by atoms with E-state index >= 15 is 0 Å². The Hall–Kier alpha value is -1.61. The summed E-state index contributed by atoms with van der Waals surface area (Å²) >= 11 is 2.67. The highest BCUT2D eigenvalue weighted by molar-refractivity contribution is 7.91. The molecule has 0 aliphatic rings. The largest absolute Gasteiger partial charge is 0.265 e. The highest BCUT2D eigenvalue weighted by Crippen LogP contribution is 2.23. The number of thiazole rings is 1. The van der Waals surface area contributed by atoms with Crippen molar-refractivity contribution in [1.29, 1.82) is 0 Å². The lowest BCUT2D eigenvalue weighted by Gasteiger charge is -2.02. The van der Waals surface area contributed by atoms with Gasteiger partial charge in [-0.3, -0.25) is 4.98 Å². The molecule has 3 rings (SSSR count). The average Bonchev–Trinajstić information content (AvgIpc) is 3.18. The van der Waals surface area contributed by atoms with Crippen LogP contribution in [0.3, 0.4) is 0 Å². The first-order valence-electron chi connectivity index (χ1n) is 6.03. The zero-order valence-electron chi connectivity index (χ0n) is 10.8. The van der Waals surface area contributed by atoms with Crippen LogP contribution in [0.2, 0.25) is 0 Å². The normalized spacial score (nSPS) is 11.6. The van der Waals surface area contributed by atoms with E-state index in [1.807, 2.05) is 17.5 Å². The minimum absolute atomic E-state index is 0.182. The predicted molar refractivity (Wildman–Crippen MR) is 83.7 cm³/mol. The lowest BCUT2D eigenvalue weighted by atomic mass is 10.3. The number of nitrogens with one attached hydrogen (secondary N) is 1. The molecule has 108 valence electrons. The molecule has 0 saturated heterocycles. The molecule has 0 aliphatic carbocycles. The molecule has 1 N–H and O–H groups in total. The topological polar surface area (TPSA) is 72.0 Å². The molecule has 21 heavy (non-hydrogen) atoms. The second kappa shape index (κ2) is 6.02. The van der Waals surface area contributed by atoms with Crippen molar-refractivity contribution in [2.24, 2.45) is 0 Å². The van der Waals surface area contributed by atoms with Gasteiger partial charge in [0.05, 0.1) is 12.2 Å². The third-order valence-corrected chi connectivity index (χ3v) is 6.42. The number of pyridine rings is 1. The molecular formula is C13H11N3O2S3. The SMILES string of the molecule is O=S(=O)(NCc1csc(-c2ccncc2)n1)c1cccs1. The van der Waals surface area contributed by atoms with Gasteiger partial charge in [-0.15, -0.1) is 22.7 Å². The van der Waals surface area contributed by atoms with E-state index in [1.165, 1.54) is 22.7 Å². The first-order valence-corrected chi connectivity index (χ1v) is 9.27. The summed E-state index contributed by atoms with van der Waals surface area (Å²) in [6, 6.07) is 7.04. The number of aromatic nitrogens is 2. The summed E-state index contributed by atoms with van der Waals surface area (Å²) in [6.07, 6.45) is 3.41. The van der Waals surface area contributed by atoms with Crippen LogP contribution < -0.4 is 4.72 Å². The van der Waals surface area contributed by atoms with Crippen molar-refractivity contribution in [3.8, 4) is 10.6 Å². The summed E-state index contributed by atoms with van der Waals surface area (Å²) in [4.78, 5) is 8.39. The molecular weight excluding hydrogens is 326 g/mol. The number of nitrogens with zero attached hydrogens (tertiary/aromatic N) is 2. The molecule has 5 nitrogen and oxygen atoms in total. The molecule has 0 aromatic carbocycles. The van der Waals surface area contributed by atoms with Crippen LogP contribution in [0.4, 0.5) is 0 Å². The number of hydrogen-bond donors (Lipinski definition) is 1. The van der Waals surface area contributed by atoms with Crippen LogP contribution in [0.15, 0.2) is 51.6 Å². The average molecular weight is 337 g/mol. The Labute approximate surface area is 130 Å². The molecule has 0 saturated carbocycles. The Kier molecular flexibility index (Phi) is 4.11. The lowest BCUT2D eigenvalue weighted by molar-refractivity contribution is 0.583. The summed E-state index contributed by atoms with van der Waals surface area (Å²) < 4.78 is 26.9. The smallest absolute Gasteiger partial charge is 0.250 e. The van der Waals surface area contributed by atoms with Gasteiger partial charge in [0.15, 0.2) is 0 Å². The van der Waals surface area contributed by atoms with Crippen molar-refractivity contribution >= 4 is 32.7 Å². The maximum Gasteiger partial charge on any atom is 0.250 e. The molecule has 3 aromatic rings. The van der Waals surface area contributed by atoms with Crippen molar-refractivity contribution in [2.45, 2.75) is 10.8 Å². The van der Waals surface area contributed by atoms with Crippen LogP contribution in [0.1, 0.15) is 5.69 Å². The Morgan fingerprint density at radius 3 is 2.67 bits per heavy atom. The van der Waals surface area contributed by atoms with Crippen LogP contribution in [-0.2, 0) is 16.6 Å². The van der Waals surface area contributed by atoms with Gasteiger partial charge in [0.1, 0.15) is 9.22 Å². The standard InChI is InChI=1S/C13H11N3O2S3/c17-21(18,12-2-1-7-19-12)15-8-11-9-20-13(16-11)10-3-5-14-6-4-10/h1-7,9,15H,8H2. The van der Waals surface area contributed by atoms with Gasteiger partial charge in [0.25, 0.3) is 0 Å². The molecule has 0 aliphatic heterocycles. The fraction of sp³-hybridized carbons (Fsp3) is 0.0769. The van der Waals surface area contributed by atoms with Crippen molar-refractivity contribution in [3.05, 3.63) is 53.1 Å². The maximum absolute atomic E-state index is 12.0. The highest BCUT2D eigenvalue weighted by Gasteiger charge is 2.15. The second-order valence-corrected chi connectivity index (χ2v) is 7.94. The lowest BCUT2D eigenvalue weighted by Crippen LogP contribution is -2.22.